The van der Waals surface area contributed by atoms with Crippen LogP contribution in [0.4, 0.5) is 0 Å². The third-order valence-electron chi connectivity index (χ3n) is 1.90. The first-order valence-corrected chi connectivity index (χ1v) is 4.11. The van der Waals surface area contributed by atoms with Crippen LogP contribution in [0, 0.1) is 13.0 Å². The lowest BCUT2D eigenvalue weighted by atomic mass is 9.97. The number of aryl methyl sites for hydroxylation is 1. The minimum Gasteiger partial charge on any atom is -0.265 e. The summed E-state index contributed by atoms with van der Waals surface area (Å²) in [6.45, 7) is 2.10. The smallest absolute Gasteiger partial charge is 0.0723 e. The molecule has 1 aromatic heterocycles. The van der Waals surface area contributed by atoms with Gasteiger partial charge in [-0.25, -0.2) is 0 Å². The van der Waals surface area contributed by atoms with Gasteiger partial charge in [-0.15, -0.1) is 0 Å². The molecule has 0 fully saturated rings. The number of fused-ring (bicyclic) bond motifs is 1. The van der Waals surface area contributed by atoms with Crippen LogP contribution in [0.5, 0.6) is 0 Å². The van der Waals surface area contributed by atoms with Gasteiger partial charge < -0.3 is 0 Å². The van der Waals surface area contributed by atoms with Gasteiger partial charge in [0.1, 0.15) is 0 Å². The van der Waals surface area contributed by atoms with Crippen LogP contribution in [0.3, 0.4) is 0 Å². The van der Waals surface area contributed by atoms with Crippen LogP contribution in [0.25, 0.3) is 11.3 Å². The van der Waals surface area contributed by atoms with E-state index in [4.69, 9.17) is 0 Å². The van der Waals surface area contributed by atoms with Gasteiger partial charge in [-0.1, -0.05) is 0 Å². The lowest BCUT2D eigenvalue weighted by Gasteiger charge is -2.15. The van der Waals surface area contributed by atoms with Crippen molar-refractivity contribution in [3.05, 3.63) is 48.4 Å². The van der Waals surface area contributed by atoms with Crippen molar-refractivity contribution in [2.75, 3.05) is 0 Å². The molecule has 0 atom stereocenters. The molecule has 2 heteroatoms. The van der Waals surface area contributed by atoms with Crippen LogP contribution in [0.2, 0.25) is 0 Å². The lowest BCUT2D eigenvalue weighted by Crippen LogP contribution is -1.99. The first-order valence-electron chi connectivity index (χ1n) is 4.11. The zero-order valence-corrected chi connectivity index (χ0v) is 7.36. The van der Waals surface area contributed by atoms with E-state index < -0.39 is 0 Å². The van der Waals surface area contributed by atoms with Crippen molar-refractivity contribution in [1.82, 2.24) is 9.97 Å². The predicted molar refractivity (Wildman–Crippen MR) is 51.0 cm³/mol. The molecule has 0 spiro atoms. The van der Waals surface area contributed by atoms with Gasteiger partial charge in [0.15, 0.2) is 0 Å². The maximum atomic E-state index is 3.97. The summed E-state index contributed by atoms with van der Waals surface area (Å²) >= 11 is 0. The number of hydrogen-bond acceptors (Lipinski definition) is 2. The van der Waals surface area contributed by atoms with Crippen LogP contribution in [-0.4, -0.2) is 9.97 Å². The lowest BCUT2D eigenvalue weighted by molar-refractivity contribution is 1.19. The molecule has 3 rings (SSSR count). The van der Waals surface area contributed by atoms with E-state index in [9.17, 15) is 0 Å². The van der Waals surface area contributed by atoms with Crippen LogP contribution in [0.1, 0.15) is 5.56 Å². The molecular weight excluding hydrogens is 160 g/mol. The first kappa shape index (κ1) is 7.92. The van der Waals surface area contributed by atoms with Gasteiger partial charge >= 0.3 is 0 Å². The Labute approximate surface area is 77.3 Å². The Kier molecular flexibility index (Phi) is 2.04. The molecule has 63 valence electrons. The largest absolute Gasteiger partial charge is 0.265 e. The van der Waals surface area contributed by atoms with Gasteiger partial charge in [0, 0.05) is 24.2 Å². The SMILES string of the molecule is Cc1cc2ncc1-2.[c]1ccncc1. The standard InChI is InChI=1S/C6H5N.C5H4N/c1-4-2-6-5(4)3-7-6;1-2-4-6-5-3-1/h2-3H,1H3;2-5H. The van der Waals surface area contributed by atoms with Gasteiger partial charge in [-0.2, -0.15) is 0 Å². The molecule has 1 aliphatic carbocycles. The van der Waals surface area contributed by atoms with Crippen molar-refractivity contribution >= 4 is 0 Å². The van der Waals surface area contributed by atoms with E-state index in [1.165, 1.54) is 16.8 Å². The number of rotatable bonds is 0. The fourth-order valence-corrected chi connectivity index (χ4v) is 1.10. The Balaban J connectivity index is 0.000000102. The number of aromatic nitrogens is 2. The summed E-state index contributed by atoms with van der Waals surface area (Å²) in [7, 11) is 0. The highest BCUT2D eigenvalue weighted by Crippen LogP contribution is 2.31. The molecule has 2 heterocycles. The van der Waals surface area contributed by atoms with Gasteiger partial charge in [0.05, 0.1) is 5.69 Å². The zero-order valence-electron chi connectivity index (χ0n) is 7.36. The summed E-state index contributed by atoms with van der Waals surface area (Å²) in [6, 6.07) is 8.45. The Hall–Kier alpha value is -1.70. The highest BCUT2D eigenvalue weighted by atomic mass is 14.7. The molecule has 2 aliphatic rings. The molecule has 13 heavy (non-hydrogen) atoms. The average molecular weight is 169 g/mol. The van der Waals surface area contributed by atoms with E-state index in [0.29, 0.717) is 0 Å². The van der Waals surface area contributed by atoms with Crippen molar-refractivity contribution in [3.63, 3.8) is 0 Å². The fourth-order valence-electron chi connectivity index (χ4n) is 1.10. The second-order valence-electron chi connectivity index (χ2n) is 2.83. The van der Waals surface area contributed by atoms with Gasteiger partial charge in [-0.3, -0.25) is 9.97 Å². The molecule has 0 amide bonds. The predicted octanol–water partition coefficient (Wildman–Crippen LogP) is 2.25. The van der Waals surface area contributed by atoms with Crippen LogP contribution >= 0.6 is 0 Å². The molecule has 1 aromatic rings. The molecule has 0 aromatic carbocycles. The molecule has 2 nitrogen and oxygen atoms in total. The van der Waals surface area contributed by atoms with Crippen molar-refractivity contribution in [2.45, 2.75) is 6.92 Å². The molecule has 0 saturated carbocycles. The quantitative estimate of drug-likeness (QED) is 0.515. The summed E-state index contributed by atoms with van der Waals surface area (Å²) in [4.78, 5) is 7.72. The van der Waals surface area contributed by atoms with Crippen LogP contribution in [-0.2, 0) is 0 Å². The van der Waals surface area contributed by atoms with Crippen LogP contribution < -0.4 is 0 Å². The van der Waals surface area contributed by atoms with E-state index in [0.717, 1.165) is 0 Å². The molecule has 1 aliphatic heterocycles. The molecule has 0 saturated heterocycles. The van der Waals surface area contributed by atoms with Crippen LogP contribution in [0.15, 0.2) is 36.8 Å². The zero-order chi connectivity index (χ0) is 9.10. The Morgan fingerprint density at radius 1 is 1.23 bits per heavy atom. The number of nitrogens with zero attached hydrogens (tertiary/aromatic N) is 2. The third kappa shape index (κ3) is 1.56. The molecule has 0 unspecified atom stereocenters. The summed E-state index contributed by atoms with van der Waals surface area (Å²) < 4.78 is 0. The van der Waals surface area contributed by atoms with E-state index in [1.807, 2.05) is 6.20 Å². The normalized spacial score (nSPS) is 9.92. The maximum absolute atomic E-state index is 3.97. The van der Waals surface area contributed by atoms with E-state index in [-0.39, 0.29) is 0 Å². The highest BCUT2D eigenvalue weighted by Gasteiger charge is 2.13. The summed E-state index contributed by atoms with van der Waals surface area (Å²) in [5.74, 6) is 0. The van der Waals surface area contributed by atoms with Gasteiger partial charge in [0.25, 0.3) is 0 Å². The maximum Gasteiger partial charge on any atom is 0.0723 e. The van der Waals surface area contributed by atoms with E-state index in [2.05, 4.69) is 29.0 Å². The van der Waals surface area contributed by atoms with E-state index >= 15 is 0 Å². The van der Waals surface area contributed by atoms with Crippen molar-refractivity contribution in [3.8, 4) is 11.3 Å². The minimum atomic E-state index is 1.19. The fraction of sp³-hybridized carbons (Fsp3) is 0.0909. The van der Waals surface area contributed by atoms with Crippen molar-refractivity contribution in [1.29, 1.82) is 0 Å². The molecule has 0 N–H and O–H groups in total. The highest BCUT2D eigenvalue weighted by molar-refractivity contribution is 5.74. The van der Waals surface area contributed by atoms with Gasteiger partial charge in [0.2, 0.25) is 0 Å². The molecular formula is C11H9N2. The second-order valence-corrected chi connectivity index (χ2v) is 2.83. The summed E-state index contributed by atoms with van der Waals surface area (Å²) in [5.41, 5.74) is 3.93. The second kappa shape index (κ2) is 3.35. The summed E-state index contributed by atoms with van der Waals surface area (Å²) in [5, 5.41) is 0. The van der Waals surface area contributed by atoms with Crippen molar-refractivity contribution in [2.24, 2.45) is 0 Å². The van der Waals surface area contributed by atoms with Crippen molar-refractivity contribution < 1.29 is 0 Å². The summed E-state index contributed by atoms with van der Waals surface area (Å²) in [6.07, 6.45) is 5.30. The third-order valence-corrected chi connectivity index (χ3v) is 1.90. The minimum absolute atomic E-state index is 1.19. The number of hydrogen-bond donors (Lipinski definition) is 0. The molecule has 1 radical (unpaired) electrons. The first-order chi connectivity index (χ1) is 6.38. The number of pyridine rings is 2. The Morgan fingerprint density at radius 3 is 2.08 bits per heavy atom. The Morgan fingerprint density at radius 2 is 2.00 bits per heavy atom. The molecule has 0 bridgehead atoms. The monoisotopic (exact) mass is 169 g/mol. The topological polar surface area (TPSA) is 25.8 Å². The average Bonchev–Trinajstić information content (AvgIpc) is 2.17. The Bertz CT molecular complexity index is 369. The van der Waals surface area contributed by atoms with E-state index in [1.54, 1.807) is 24.5 Å². The van der Waals surface area contributed by atoms with Gasteiger partial charge in [-0.05, 0) is 36.8 Å².